The van der Waals surface area contributed by atoms with Crippen molar-refractivity contribution in [1.82, 2.24) is 0 Å². The topological polar surface area (TPSA) is 17.1 Å². The number of Topliss-reactive ketones (excluding diaryl/α,β-unsaturated/α-hetero) is 1. The van der Waals surface area contributed by atoms with Crippen molar-refractivity contribution in [3.05, 3.63) is 47.6 Å². The van der Waals surface area contributed by atoms with Crippen LogP contribution in [0, 0.1) is 0 Å². The van der Waals surface area contributed by atoms with Crippen LogP contribution in [0.2, 0.25) is 0 Å². The van der Waals surface area contributed by atoms with Crippen molar-refractivity contribution < 1.29 is 4.79 Å². The molecule has 0 aromatic heterocycles. The van der Waals surface area contributed by atoms with Gasteiger partial charge in [-0.2, -0.15) is 0 Å². The minimum Gasteiger partial charge on any atom is -0.289 e. The van der Waals surface area contributed by atoms with E-state index in [9.17, 15) is 4.79 Å². The van der Waals surface area contributed by atoms with Crippen LogP contribution in [-0.4, -0.2) is 5.78 Å². The Bertz CT molecular complexity index is 295. The van der Waals surface area contributed by atoms with Gasteiger partial charge in [-0.15, -0.1) is 0 Å². The minimum atomic E-state index is 0.0693. The fourth-order valence-corrected chi connectivity index (χ4v) is 0.946. The van der Waals surface area contributed by atoms with Crippen molar-refractivity contribution in [2.45, 2.75) is 27.7 Å². The van der Waals surface area contributed by atoms with Crippen molar-refractivity contribution in [3.63, 3.8) is 0 Å². The van der Waals surface area contributed by atoms with Crippen LogP contribution in [0.5, 0.6) is 0 Å². The molecule has 0 unspecified atom stereocenters. The predicted octanol–water partition coefficient (Wildman–Crippen LogP) is 3.60. The second kappa shape index (κ2) is 5.38. The zero-order valence-electron chi connectivity index (χ0n) is 9.48. The Balaban J connectivity index is 5.19. The van der Waals surface area contributed by atoms with Crippen LogP contribution < -0.4 is 0 Å². The molecule has 0 fully saturated rings. The monoisotopic (exact) mass is 190 g/mol. The lowest BCUT2D eigenvalue weighted by Gasteiger charge is -2.05. The third-order valence-corrected chi connectivity index (χ3v) is 2.48. The average Bonchev–Trinajstić information content (AvgIpc) is 2.23. The highest BCUT2D eigenvalue weighted by molar-refractivity contribution is 6.08. The molecule has 0 atom stereocenters. The molecule has 0 aromatic carbocycles. The summed E-state index contributed by atoms with van der Waals surface area (Å²) in [6.07, 6.45) is 3.40. The van der Waals surface area contributed by atoms with Gasteiger partial charge >= 0.3 is 0 Å². The van der Waals surface area contributed by atoms with Crippen LogP contribution in [0.25, 0.3) is 0 Å². The van der Waals surface area contributed by atoms with Crippen molar-refractivity contribution in [3.8, 4) is 0 Å². The summed E-state index contributed by atoms with van der Waals surface area (Å²) in [5, 5.41) is 0. The Kier molecular flexibility index (Phi) is 4.85. The molecule has 0 aliphatic carbocycles. The van der Waals surface area contributed by atoms with Gasteiger partial charge in [0.15, 0.2) is 5.78 Å². The molecule has 0 heterocycles. The fraction of sp³-hybridized carbons (Fsp3) is 0.308. The van der Waals surface area contributed by atoms with Crippen molar-refractivity contribution in [2.75, 3.05) is 0 Å². The van der Waals surface area contributed by atoms with Gasteiger partial charge in [0.1, 0.15) is 0 Å². The minimum absolute atomic E-state index is 0.0693. The summed E-state index contributed by atoms with van der Waals surface area (Å²) in [6.45, 7) is 14.7. The zero-order valence-corrected chi connectivity index (χ0v) is 9.48. The van der Waals surface area contributed by atoms with Crippen LogP contribution in [0.1, 0.15) is 27.7 Å². The first kappa shape index (κ1) is 12.6. The first-order valence-corrected chi connectivity index (χ1v) is 4.60. The van der Waals surface area contributed by atoms with E-state index >= 15 is 0 Å². The van der Waals surface area contributed by atoms with Crippen molar-refractivity contribution >= 4 is 5.78 Å². The van der Waals surface area contributed by atoms with Crippen LogP contribution in [0.4, 0.5) is 0 Å². The van der Waals surface area contributed by atoms with E-state index in [1.165, 1.54) is 0 Å². The lowest BCUT2D eigenvalue weighted by Crippen LogP contribution is -2.04. The van der Waals surface area contributed by atoms with Crippen LogP contribution in [0.3, 0.4) is 0 Å². The van der Waals surface area contributed by atoms with Gasteiger partial charge in [-0.05, 0) is 50.0 Å². The Morgan fingerprint density at radius 2 is 1.14 bits per heavy atom. The van der Waals surface area contributed by atoms with Gasteiger partial charge in [0.2, 0.25) is 0 Å². The number of rotatable bonds is 4. The number of carbonyl (C=O) groups excluding carboxylic acids is 1. The third kappa shape index (κ3) is 2.84. The Hall–Kier alpha value is -1.37. The molecular formula is C13H18O. The lowest BCUT2D eigenvalue weighted by atomic mass is 9.98. The second-order valence-corrected chi connectivity index (χ2v) is 3.35. The normalized spacial score (nSPS) is 14.0. The SMILES string of the molecule is C=C/C(C)=C(\C)C(=O)/C(C)=C(\C)C=C. The van der Waals surface area contributed by atoms with E-state index < -0.39 is 0 Å². The number of ketones is 1. The van der Waals surface area contributed by atoms with E-state index in [-0.39, 0.29) is 5.78 Å². The van der Waals surface area contributed by atoms with E-state index in [2.05, 4.69) is 13.2 Å². The highest BCUT2D eigenvalue weighted by Gasteiger charge is 2.10. The summed E-state index contributed by atoms with van der Waals surface area (Å²) in [5.74, 6) is 0.0693. The molecule has 1 heteroatoms. The molecule has 0 saturated carbocycles. The molecule has 0 aliphatic heterocycles. The second-order valence-electron chi connectivity index (χ2n) is 3.35. The molecule has 0 spiro atoms. The highest BCUT2D eigenvalue weighted by Crippen LogP contribution is 2.14. The smallest absolute Gasteiger partial charge is 0.184 e. The number of carbonyl (C=O) groups is 1. The quantitative estimate of drug-likeness (QED) is 0.489. The first-order chi connectivity index (χ1) is 6.45. The van der Waals surface area contributed by atoms with E-state index in [0.717, 1.165) is 22.3 Å². The summed E-state index contributed by atoms with van der Waals surface area (Å²) in [5.41, 5.74) is 3.34. The lowest BCUT2D eigenvalue weighted by molar-refractivity contribution is -0.112. The summed E-state index contributed by atoms with van der Waals surface area (Å²) in [7, 11) is 0. The Morgan fingerprint density at radius 3 is 1.36 bits per heavy atom. The standard InChI is InChI=1S/C13H18O/c1-7-9(3)11(5)13(14)12(6)10(4)8-2/h7-8H,1-2H2,3-6H3/b11-9+,12-10+. The molecule has 0 N–H and O–H groups in total. The zero-order chi connectivity index (χ0) is 11.3. The highest BCUT2D eigenvalue weighted by atomic mass is 16.1. The Morgan fingerprint density at radius 1 is 0.857 bits per heavy atom. The van der Waals surface area contributed by atoms with E-state index in [1.807, 2.05) is 27.7 Å². The average molecular weight is 190 g/mol. The van der Waals surface area contributed by atoms with Gasteiger partial charge in [0, 0.05) is 0 Å². The van der Waals surface area contributed by atoms with Gasteiger partial charge in [-0.1, -0.05) is 25.3 Å². The van der Waals surface area contributed by atoms with Gasteiger partial charge < -0.3 is 0 Å². The third-order valence-electron chi connectivity index (χ3n) is 2.48. The van der Waals surface area contributed by atoms with Gasteiger partial charge in [-0.3, -0.25) is 4.79 Å². The molecule has 1 nitrogen and oxygen atoms in total. The maximum atomic E-state index is 11.8. The Labute approximate surface area is 86.5 Å². The molecule has 0 aromatic rings. The van der Waals surface area contributed by atoms with Crippen LogP contribution in [-0.2, 0) is 4.79 Å². The molecule has 0 amide bonds. The molecule has 0 bridgehead atoms. The fourth-order valence-electron chi connectivity index (χ4n) is 0.946. The van der Waals surface area contributed by atoms with E-state index in [1.54, 1.807) is 12.2 Å². The van der Waals surface area contributed by atoms with Gasteiger partial charge in [-0.25, -0.2) is 0 Å². The molecule has 0 saturated heterocycles. The maximum Gasteiger partial charge on any atom is 0.184 e. The maximum absolute atomic E-state index is 11.8. The summed E-state index contributed by atoms with van der Waals surface area (Å²) >= 11 is 0. The van der Waals surface area contributed by atoms with Gasteiger partial charge in [0.25, 0.3) is 0 Å². The summed E-state index contributed by atoms with van der Waals surface area (Å²) < 4.78 is 0. The molecule has 76 valence electrons. The summed E-state index contributed by atoms with van der Waals surface area (Å²) in [6, 6.07) is 0. The predicted molar refractivity (Wildman–Crippen MR) is 62.1 cm³/mol. The molecule has 0 rings (SSSR count). The molecule has 14 heavy (non-hydrogen) atoms. The van der Waals surface area contributed by atoms with E-state index in [4.69, 9.17) is 0 Å². The number of allylic oxidation sites excluding steroid dienone is 6. The van der Waals surface area contributed by atoms with Crippen molar-refractivity contribution in [2.24, 2.45) is 0 Å². The largest absolute Gasteiger partial charge is 0.289 e. The van der Waals surface area contributed by atoms with Gasteiger partial charge in [0.05, 0.1) is 0 Å². The number of hydrogen-bond acceptors (Lipinski definition) is 1. The van der Waals surface area contributed by atoms with E-state index in [0.29, 0.717) is 0 Å². The first-order valence-electron chi connectivity index (χ1n) is 4.60. The molecular weight excluding hydrogens is 172 g/mol. The molecule has 0 radical (unpaired) electrons. The summed E-state index contributed by atoms with van der Waals surface area (Å²) in [4.78, 5) is 11.8. The van der Waals surface area contributed by atoms with Crippen LogP contribution >= 0.6 is 0 Å². The van der Waals surface area contributed by atoms with Crippen molar-refractivity contribution in [1.29, 1.82) is 0 Å². The van der Waals surface area contributed by atoms with Crippen LogP contribution in [0.15, 0.2) is 47.6 Å². The molecule has 0 aliphatic rings. The number of hydrogen-bond donors (Lipinski definition) is 0.